The number of hydrogen-bond acceptors (Lipinski definition) is 3. The van der Waals surface area contributed by atoms with Crippen LogP contribution in [0.25, 0.3) is 0 Å². The van der Waals surface area contributed by atoms with Crippen LogP contribution in [-0.4, -0.2) is 30.9 Å². The van der Waals surface area contributed by atoms with Gasteiger partial charge in [0, 0.05) is 18.2 Å². The van der Waals surface area contributed by atoms with Gasteiger partial charge in [0.15, 0.2) is 11.6 Å². The van der Waals surface area contributed by atoms with Crippen molar-refractivity contribution in [2.75, 3.05) is 23.3 Å². The van der Waals surface area contributed by atoms with E-state index in [1.807, 2.05) is 0 Å². The fourth-order valence-electron chi connectivity index (χ4n) is 3.14. The molecule has 1 aromatic rings. The lowest BCUT2D eigenvalue weighted by Gasteiger charge is -2.31. The molecular weight excluding hydrogens is 304 g/mol. The van der Waals surface area contributed by atoms with Crippen molar-refractivity contribution in [3.63, 3.8) is 0 Å². The van der Waals surface area contributed by atoms with E-state index in [2.05, 4.69) is 10.6 Å². The van der Waals surface area contributed by atoms with Gasteiger partial charge in [0.1, 0.15) is 6.54 Å². The highest BCUT2D eigenvalue weighted by molar-refractivity contribution is 6.05. The van der Waals surface area contributed by atoms with Crippen molar-refractivity contribution >= 4 is 23.2 Å². The Bertz CT molecular complexity index is 630. The molecule has 23 heavy (non-hydrogen) atoms. The van der Waals surface area contributed by atoms with E-state index in [0.717, 1.165) is 37.8 Å². The molecule has 2 amide bonds. The molecule has 0 aromatic heterocycles. The molecule has 0 atom stereocenters. The number of benzene rings is 1. The minimum Gasteiger partial charge on any atom is -0.374 e. The average Bonchev–Trinajstić information content (AvgIpc) is 2.53. The van der Waals surface area contributed by atoms with Gasteiger partial charge in [0.2, 0.25) is 11.8 Å². The number of fused-ring (bicyclic) bond motifs is 1. The third-order valence-electron chi connectivity index (χ3n) is 4.33. The molecule has 1 aromatic carbocycles. The predicted molar refractivity (Wildman–Crippen MR) is 82.2 cm³/mol. The van der Waals surface area contributed by atoms with Crippen LogP contribution in [0.3, 0.4) is 0 Å². The van der Waals surface area contributed by atoms with Crippen molar-refractivity contribution in [2.45, 2.75) is 38.1 Å². The van der Waals surface area contributed by atoms with Gasteiger partial charge in [-0.1, -0.05) is 19.3 Å². The third-order valence-corrected chi connectivity index (χ3v) is 4.33. The fourth-order valence-corrected chi connectivity index (χ4v) is 3.14. The minimum atomic E-state index is -1.04. The Labute approximate surface area is 133 Å². The first-order valence-corrected chi connectivity index (χ1v) is 7.87. The highest BCUT2D eigenvalue weighted by atomic mass is 19.2. The quantitative estimate of drug-likeness (QED) is 0.896. The first-order valence-electron chi connectivity index (χ1n) is 7.87. The van der Waals surface area contributed by atoms with E-state index in [4.69, 9.17) is 0 Å². The maximum absolute atomic E-state index is 13.5. The van der Waals surface area contributed by atoms with Gasteiger partial charge in [0.25, 0.3) is 0 Å². The number of halogens is 2. The molecule has 0 saturated heterocycles. The van der Waals surface area contributed by atoms with Crippen molar-refractivity contribution in [2.24, 2.45) is 0 Å². The van der Waals surface area contributed by atoms with Gasteiger partial charge in [-0.2, -0.15) is 0 Å². The van der Waals surface area contributed by atoms with Crippen LogP contribution >= 0.6 is 0 Å². The summed E-state index contributed by atoms with van der Waals surface area (Å²) in [5, 5.41) is 5.66. The summed E-state index contributed by atoms with van der Waals surface area (Å²) in [6, 6.07) is 2.09. The molecule has 124 valence electrons. The van der Waals surface area contributed by atoms with E-state index < -0.39 is 11.6 Å². The first kappa shape index (κ1) is 15.7. The maximum atomic E-state index is 13.5. The van der Waals surface area contributed by atoms with Crippen molar-refractivity contribution in [1.29, 1.82) is 0 Å². The number of carbonyl (C=O) groups excluding carboxylic acids is 2. The molecule has 7 heteroatoms. The van der Waals surface area contributed by atoms with Gasteiger partial charge in [-0.25, -0.2) is 8.78 Å². The molecule has 0 bridgehead atoms. The Hall–Kier alpha value is -2.18. The molecule has 1 fully saturated rings. The lowest BCUT2D eigenvalue weighted by molar-refractivity contribution is -0.123. The smallest absolute Gasteiger partial charge is 0.246 e. The largest absolute Gasteiger partial charge is 0.374 e. The number of rotatable bonds is 3. The van der Waals surface area contributed by atoms with Gasteiger partial charge >= 0.3 is 0 Å². The number of nitrogens with zero attached hydrogens (tertiary/aromatic N) is 1. The molecule has 0 radical (unpaired) electrons. The molecule has 1 saturated carbocycles. The zero-order valence-corrected chi connectivity index (χ0v) is 12.7. The fraction of sp³-hybridized carbons (Fsp3) is 0.500. The SMILES string of the molecule is O=C(CN1C(=O)CNc2cc(F)c(F)cc21)NC1CCCCC1. The van der Waals surface area contributed by atoms with E-state index in [1.165, 1.54) is 11.3 Å². The second kappa shape index (κ2) is 6.52. The van der Waals surface area contributed by atoms with Crippen LogP contribution in [0.2, 0.25) is 0 Å². The Kier molecular flexibility index (Phi) is 4.45. The average molecular weight is 323 g/mol. The van der Waals surface area contributed by atoms with E-state index in [0.29, 0.717) is 5.69 Å². The van der Waals surface area contributed by atoms with Gasteiger partial charge in [-0.3, -0.25) is 14.5 Å². The summed E-state index contributed by atoms with van der Waals surface area (Å²) in [5.41, 5.74) is 0.507. The van der Waals surface area contributed by atoms with Crippen molar-refractivity contribution in [3.05, 3.63) is 23.8 Å². The van der Waals surface area contributed by atoms with Crippen LogP contribution in [0.15, 0.2) is 12.1 Å². The number of hydrogen-bond donors (Lipinski definition) is 2. The summed E-state index contributed by atoms with van der Waals surface area (Å²) in [5.74, 6) is -2.65. The summed E-state index contributed by atoms with van der Waals surface area (Å²) in [6.07, 6.45) is 5.24. The van der Waals surface area contributed by atoms with Gasteiger partial charge < -0.3 is 10.6 Å². The molecule has 1 aliphatic heterocycles. The molecule has 0 spiro atoms. The van der Waals surface area contributed by atoms with Crippen molar-refractivity contribution in [1.82, 2.24) is 5.32 Å². The molecular formula is C16H19F2N3O2. The van der Waals surface area contributed by atoms with Gasteiger partial charge in [-0.05, 0) is 12.8 Å². The van der Waals surface area contributed by atoms with E-state index in [9.17, 15) is 18.4 Å². The second-order valence-electron chi connectivity index (χ2n) is 6.02. The van der Waals surface area contributed by atoms with Crippen LogP contribution < -0.4 is 15.5 Å². The first-order chi connectivity index (χ1) is 11.0. The summed E-state index contributed by atoms with van der Waals surface area (Å²) < 4.78 is 26.8. The van der Waals surface area contributed by atoms with Crippen LogP contribution in [0.1, 0.15) is 32.1 Å². The normalized spacial score (nSPS) is 18.3. The topological polar surface area (TPSA) is 61.4 Å². The van der Waals surface area contributed by atoms with E-state index in [-0.39, 0.29) is 36.6 Å². The van der Waals surface area contributed by atoms with Crippen LogP contribution in [-0.2, 0) is 9.59 Å². The molecule has 1 heterocycles. The standard InChI is InChI=1S/C16H19F2N3O2/c17-11-6-13-14(7-12(11)18)21(16(23)8-19-13)9-15(22)20-10-4-2-1-3-5-10/h6-7,10,19H,1-5,8-9H2,(H,20,22). The van der Waals surface area contributed by atoms with E-state index in [1.54, 1.807) is 0 Å². The highest BCUT2D eigenvalue weighted by Crippen LogP contribution is 2.31. The van der Waals surface area contributed by atoms with Gasteiger partial charge in [0.05, 0.1) is 17.9 Å². The Morgan fingerprint density at radius 3 is 2.65 bits per heavy atom. The molecule has 5 nitrogen and oxygen atoms in total. The Morgan fingerprint density at radius 1 is 1.22 bits per heavy atom. The summed E-state index contributed by atoms with van der Waals surface area (Å²) in [7, 11) is 0. The predicted octanol–water partition coefficient (Wildman–Crippen LogP) is 2.17. The summed E-state index contributed by atoms with van der Waals surface area (Å²) in [6.45, 7) is -0.232. The third kappa shape index (κ3) is 3.43. The zero-order chi connectivity index (χ0) is 16.4. The van der Waals surface area contributed by atoms with Crippen LogP contribution in [0.4, 0.5) is 20.2 Å². The second-order valence-corrected chi connectivity index (χ2v) is 6.02. The van der Waals surface area contributed by atoms with Crippen molar-refractivity contribution < 1.29 is 18.4 Å². The highest BCUT2D eigenvalue weighted by Gasteiger charge is 2.28. The summed E-state index contributed by atoms with van der Waals surface area (Å²) >= 11 is 0. The molecule has 0 unspecified atom stereocenters. The molecule has 3 rings (SSSR count). The lowest BCUT2D eigenvalue weighted by Crippen LogP contribution is -2.48. The van der Waals surface area contributed by atoms with Crippen LogP contribution in [0.5, 0.6) is 0 Å². The van der Waals surface area contributed by atoms with Crippen LogP contribution in [0, 0.1) is 11.6 Å². The molecule has 2 aliphatic rings. The maximum Gasteiger partial charge on any atom is 0.246 e. The number of amides is 2. The van der Waals surface area contributed by atoms with Gasteiger partial charge in [-0.15, -0.1) is 0 Å². The zero-order valence-electron chi connectivity index (χ0n) is 12.7. The monoisotopic (exact) mass is 323 g/mol. The number of nitrogens with one attached hydrogen (secondary N) is 2. The van der Waals surface area contributed by atoms with Crippen molar-refractivity contribution in [3.8, 4) is 0 Å². The number of anilines is 2. The lowest BCUT2D eigenvalue weighted by atomic mass is 9.95. The van der Waals surface area contributed by atoms with E-state index >= 15 is 0 Å². The molecule has 2 N–H and O–H groups in total. The number of carbonyl (C=O) groups is 2. The summed E-state index contributed by atoms with van der Waals surface area (Å²) in [4.78, 5) is 25.4. The Morgan fingerprint density at radius 2 is 1.91 bits per heavy atom. The minimum absolute atomic E-state index is 0.0468. The molecule has 1 aliphatic carbocycles. The Balaban J connectivity index is 1.73.